The molecule has 1 amide bonds. The van der Waals surface area contributed by atoms with Gasteiger partial charge in [0, 0.05) is 35.0 Å². The molecule has 2 N–H and O–H groups in total. The van der Waals surface area contributed by atoms with Crippen LogP contribution in [-0.4, -0.2) is 30.5 Å². The van der Waals surface area contributed by atoms with Gasteiger partial charge < -0.3 is 5.32 Å². The highest BCUT2D eigenvalue weighted by molar-refractivity contribution is 6.08. The molecule has 0 radical (unpaired) electrons. The number of anilines is 1. The number of nitrogens with zero attached hydrogens (tertiary/aromatic N) is 4. The maximum atomic E-state index is 13.5. The molecule has 1 atom stereocenters. The molecule has 0 spiro atoms. The number of halogens is 1. The third-order valence-corrected chi connectivity index (χ3v) is 6.20. The molecule has 1 fully saturated rings. The van der Waals surface area contributed by atoms with Gasteiger partial charge in [-0.05, 0) is 56.0 Å². The Labute approximate surface area is 188 Å². The monoisotopic (exact) mass is 440 g/mol. The van der Waals surface area contributed by atoms with E-state index in [-0.39, 0.29) is 11.8 Å². The fourth-order valence-electron chi connectivity index (χ4n) is 4.52. The average molecular weight is 440 g/mol. The number of pyridine rings is 2. The molecule has 5 aromatic rings. The third kappa shape index (κ3) is 3.44. The Bertz CT molecular complexity index is 1520. The first-order valence-electron chi connectivity index (χ1n) is 10.9. The van der Waals surface area contributed by atoms with Crippen molar-refractivity contribution < 1.29 is 9.18 Å². The van der Waals surface area contributed by atoms with E-state index >= 15 is 0 Å². The molecule has 0 aliphatic heterocycles. The Balaban J connectivity index is 1.42. The van der Waals surface area contributed by atoms with Crippen molar-refractivity contribution in [1.82, 2.24) is 24.6 Å². The van der Waals surface area contributed by atoms with Crippen molar-refractivity contribution >= 4 is 28.1 Å². The summed E-state index contributed by atoms with van der Waals surface area (Å²) in [6.45, 7) is 1.99. The van der Waals surface area contributed by atoms with E-state index in [1.165, 1.54) is 24.5 Å². The SMILES string of the molecule is Cc1cccc(C(c2[nH]nc3cccc(NC(=O)c4cnc5cc(F)ccn45)c23)C2CC2)n1. The minimum Gasteiger partial charge on any atom is -0.320 e. The molecule has 6 rings (SSSR count). The van der Waals surface area contributed by atoms with E-state index in [1.54, 1.807) is 4.40 Å². The highest BCUT2D eigenvalue weighted by Crippen LogP contribution is 2.47. The van der Waals surface area contributed by atoms with Crippen molar-refractivity contribution in [3.8, 4) is 0 Å². The minimum atomic E-state index is -0.399. The average Bonchev–Trinajstić information content (AvgIpc) is 3.39. The Morgan fingerprint density at radius 2 is 2.06 bits per heavy atom. The predicted octanol–water partition coefficient (Wildman–Crippen LogP) is 4.85. The van der Waals surface area contributed by atoms with E-state index in [2.05, 4.69) is 26.6 Å². The van der Waals surface area contributed by atoms with Crippen molar-refractivity contribution in [1.29, 1.82) is 0 Å². The molecule has 164 valence electrons. The van der Waals surface area contributed by atoms with Gasteiger partial charge in [-0.3, -0.25) is 19.3 Å². The second kappa shape index (κ2) is 7.51. The summed E-state index contributed by atoms with van der Waals surface area (Å²) in [6, 6.07) is 14.3. The summed E-state index contributed by atoms with van der Waals surface area (Å²) in [5.41, 5.74) is 5.08. The van der Waals surface area contributed by atoms with Gasteiger partial charge >= 0.3 is 0 Å². The lowest BCUT2D eigenvalue weighted by atomic mass is 9.92. The largest absolute Gasteiger partial charge is 0.320 e. The molecule has 33 heavy (non-hydrogen) atoms. The van der Waals surface area contributed by atoms with E-state index in [1.807, 2.05) is 37.3 Å². The third-order valence-electron chi connectivity index (χ3n) is 6.20. The van der Waals surface area contributed by atoms with Gasteiger partial charge in [-0.15, -0.1) is 0 Å². The normalized spacial score (nSPS) is 14.6. The number of hydrogen-bond donors (Lipinski definition) is 2. The lowest BCUT2D eigenvalue weighted by Crippen LogP contribution is -2.15. The smallest absolute Gasteiger partial charge is 0.274 e. The highest BCUT2D eigenvalue weighted by atomic mass is 19.1. The van der Waals surface area contributed by atoms with E-state index in [4.69, 9.17) is 4.98 Å². The molecule has 1 aliphatic carbocycles. The number of imidazole rings is 1. The molecule has 0 saturated heterocycles. The van der Waals surface area contributed by atoms with Gasteiger partial charge in [0.1, 0.15) is 17.2 Å². The summed E-state index contributed by atoms with van der Waals surface area (Å²) in [5, 5.41) is 11.7. The number of carbonyl (C=O) groups is 1. The second-order valence-electron chi connectivity index (χ2n) is 8.53. The fraction of sp³-hybridized carbons (Fsp3) is 0.200. The summed E-state index contributed by atoms with van der Waals surface area (Å²) in [7, 11) is 0. The second-order valence-corrected chi connectivity index (χ2v) is 8.53. The number of carbonyl (C=O) groups excluding carboxylic acids is 1. The van der Waals surface area contributed by atoms with Crippen LogP contribution in [0, 0.1) is 18.7 Å². The van der Waals surface area contributed by atoms with Crippen molar-refractivity contribution in [3.63, 3.8) is 0 Å². The summed E-state index contributed by atoms with van der Waals surface area (Å²) >= 11 is 0. The topological polar surface area (TPSA) is 88.0 Å². The standard InChI is InChI=1S/C25H21FN6O/c1-14-4-2-5-17(28-14)22(15-8-9-15)24-23-18(6-3-7-19(23)30-31-24)29-25(33)20-13-27-21-12-16(26)10-11-32(20)21/h2-7,10-13,15,22H,8-9H2,1H3,(H,29,33)(H,30,31). The first kappa shape index (κ1) is 19.6. The van der Waals surface area contributed by atoms with E-state index in [0.717, 1.165) is 40.8 Å². The maximum absolute atomic E-state index is 13.5. The molecule has 4 heterocycles. The molecular weight excluding hydrogens is 419 g/mol. The van der Waals surface area contributed by atoms with Crippen molar-refractivity contribution in [3.05, 3.63) is 89.5 Å². The van der Waals surface area contributed by atoms with Crippen LogP contribution in [0.2, 0.25) is 0 Å². The lowest BCUT2D eigenvalue weighted by Gasteiger charge is -2.17. The zero-order valence-electron chi connectivity index (χ0n) is 17.9. The van der Waals surface area contributed by atoms with Crippen LogP contribution in [0.5, 0.6) is 0 Å². The quantitative estimate of drug-likeness (QED) is 0.409. The first-order chi connectivity index (χ1) is 16.1. The predicted molar refractivity (Wildman–Crippen MR) is 123 cm³/mol. The van der Waals surface area contributed by atoms with Crippen molar-refractivity contribution in [2.24, 2.45) is 5.92 Å². The molecule has 1 aliphatic rings. The zero-order chi connectivity index (χ0) is 22.5. The van der Waals surface area contributed by atoms with Crippen LogP contribution in [-0.2, 0) is 0 Å². The molecule has 1 saturated carbocycles. The minimum absolute atomic E-state index is 0.0757. The Morgan fingerprint density at radius 3 is 2.88 bits per heavy atom. The van der Waals surface area contributed by atoms with E-state index in [0.29, 0.717) is 22.9 Å². The number of aryl methyl sites for hydroxylation is 1. The summed E-state index contributed by atoms with van der Waals surface area (Å²) in [4.78, 5) is 22.1. The number of hydrogen-bond acceptors (Lipinski definition) is 4. The Hall–Kier alpha value is -4.07. The van der Waals surface area contributed by atoms with E-state index < -0.39 is 5.82 Å². The van der Waals surface area contributed by atoms with Crippen LogP contribution in [0.15, 0.2) is 60.9 Å². The van der Waals surface area contributed by atoms with Crippen molar-refractivity contribution in [2.75, 3.05) is 5.32 Å². The van der Waals surface area contributed by atoms with Gasteiger partial charge in [-0.25, -0.2) is 9.37 Å². The summed E-state index contributed by atoms with van der Waals surface area (Å²) < 4.78 is 15.1. The lowest BCUT2D eigenvalue weighted by molar-refractivity contribution is 0.102. The van der Waals surface area contributed by atoms with Crippen LogP contribution in [0.4, 0.5) is 10.1 Å². The van der Waals surface area contributed by atoms with Gasteiger partial charge in [0.05, 0.1) is 23.1 Å². The van der Waals surface area contributed by atoms with Gasteiger partial charge in [0.2, 0.25) is 0 Å². The van der Waals surface area contributed by atoms with Crippen LogP contribution in [0.1, 0.15) is 46.3 Å². The van der Waals surface area contributed by atoms with Crippen LogP contribution >= 0.6 is 0 Å². The first-order valence-corrected chi connectivity index (χ1v) is 10.9. The Morgan fingerprint density at radius 1 is 1.21 bits per heavy atom. The molecular formula is C25H21FN6O. The number of amides is 1. The summed E-state index contributed by atoms with van der Waals surface area (Å²) in [5.74, 6) is -0.166. The Kier molecular flexibility index (Phi) is 4.46. The van der Waals surface area contributed by atoms with Gasteiger partial charge in [0.15, 0.2) is 0 Å². The van der Waals surface area contributed by atoms with Crippen LogP contribution in [0.25, 0.3) is 16.6 Å². The fourth-order valence-corrected chi connectivity index (χ4v) is 4.52. The number of fused-ring (bicyclic) bond motifs is 2. The molecule has 1 unspecified atom stereocenters. The molecule has 8 heteroatoms. The van der Waals surface area contributed by atoms with Crippen molar-refractivity contribution in [2.45, 2.75) is 25.7 Å². The number of nitrogens with one attached hydrogen (secondary N) is 2. The van der Waals surface area contributed by atoms with Gasteiger partial charge in [-0.1, -0.05) is 12.1 Å². The number of benzene rings is 1. The van der Waals surface area contributed by atoms with Gasteiger partial charge in [0.25, 0.3) is 5.91 Å². The number of H-pyrrole nitrogens is 1. The van der Waals surface area contributed by atoms with E-state index in [9.17, 15) is 9.18 Å². The van der Waals surface area contributed by atoms with Gasteiger partial charge in [-0.2, -0.15) is 5.10 Å². The summed E-state index contributed by atoms with van der Waals surface area (Å²) in [6.07, 6.45) is 5.22. The number of aromatic nitrogens is 5. The van der Waals surface area contributed by atoms with Crippen LogP contribution < -0.4 is 5.32 Å². The van der Waals surface area contributed by atoms with Crippen LogP contribution in [0.3, 0.4) is 0 Å². The number of rotatable bonds is 5. The molecule has 7 nitrogen and oxygen atoms in total. The molecule has 4 aromatic heterocycles. The molecule has 1 aromatic carbocycles. The maximum Gasteiger partial charge on any atom is 0.274 e. The highest BCUT2D eigenvalue weighted by Gasteiger charge is 2.37. The molecule has 0 bridgehead atoms. The number of aromatic amines is 1. The zero-order valence-corrected chi connectivity index (χ0v) is 17.9.